The standard InChI is InChI=1S/C10H11BrF2O/c1-6-3-7(2)9(14-10(12)13)8(4-6)5-11/h3-4,10H,5H2,1-2H3. The van der Waals surface area contributed by atoms with Crippen molar-refractivity contribution in [2.45, 2.75) is 25.8 Å². The zero-order valence-electron chi connectivity index (χ0n) is 7.98. The number of halogens is 3. The largest absolute Gasteiger partial charge is 0.434 e. The summed E-state index contributed by atoms with van der Waals surface area (Å²) >= 11 is 3.24. The van der Waals surface area contributed by atoms with Crippen LogP contribution in [-0.2, 0) is 5.33 Å². The Labute approximate surface area is 90.2 Å². The van der Waals surface area contributed by atoms with Crippen LogP contribution in [0, 0.1) is 13.8 Å². The average Bonchev–Trinajstić information content (AvgIpc) is 2.08. The molecule has 0 aliphatic carbocycles. The number of hydrogen-bond donors (Lipinski definition) is 0. The number of benzene rings is 1. The molecule has 0 aliphatic heterocycles. The number of alkyl halides is 3. The van der Waals surface area contributed by atoms with Gasteiger partial charge in [-0.25, -0.2) is 0 Å². The van der Waals surface area contributed by atoms with Crippen LogP contribution in [0.25, 0.3) is 0 Å². The fourth-order valence-electron chi connectivity index (χ4n) is 1.40. The van der Waals surface area contributed by atoms with E-state index in [1.165, 1.54) is 0 Å². The van der Waals surface area contributed by atoms with E-state index in [1.54, 1.807) is 6.92 Å². The molecule has 0 radical (unpaired) electrons. The first kappa shape index (κ1) is 11.4. The topological polar surface area (TPSA) is 9.23 Å². The summed E-state index contributed by atoms with van der Waals surface area (Å²) in [6.45, 7) is 0.913. The van der Waals surface area contributed by atoms with E-state index in [4.69, 9.17) is 0 Å². The lowest BCUT2D eigenvalue weighted by molar-refractivity contribution is -0.0507. The summed E-state index contributed by atoms with van der Waals surface area (Å²) in [5, 5.41) is 0.511. The predicted molar refractivity (Wildman–Crippen MR) is 55.2 cm³/mol. The summed E-state index contributed by atoms with van der Waals surface area (Å²) in [7, 11) is 0. The average molecular weight is 265 g/mol. The fraction of sp³-hybridized carbons (Fsp3) is 0.400. The van der Waals surface area contributed by atoms with Gasteiger partial charge in [0.1, 0.15) is 5.75 Å². The second-order valence-electron chi connectivity index (χ2n) is 3.08. The van der Waals surface area contributed by atoms with Crippen molar-refractivity contribution in [3.05, 3.63) is 28.8 Å². The Morgan fingerprint density at radius 3 is 2.50 bits per heavy atom. The van der Waals surface area contributed by atoms with Crippen LogP contribution in [0.2, 0.25) is 0 Å². The van der Waals surface area contributed by atoms with Gasteiger partial charge in [0, 0.05) is 10.9 Å². The minimum absolute atomic E-state index is 0.280. The minimum Gasteiger partial charge on any atom is -0.434 e. The summed E-state index contributed by atoms with van der Waals surface area (Å²) in [6.07, 6.45) is 0. The molecule has 1 aromatic rings. The van der Waals surface area contributed by atoms with Gasteiger partial charge in [-0.2, -0.15) is 8.78 Å². The third-order valence-electron chi connectivity index (χ3n) is 1.85. The maximum atomic E-state index is 12.1. The summed E-state index contributed by atoms with van der Waals surface area (Å²) < 4.78 is 28.6. The van der Waals surface area contributed by atoms with E-state index in [1.807, 2.05) is 19.1 Å². The Bertz CT molecular complexity index is 326. The van der Waals surface area contributed by atoms with Gasteiger partial charge in [0.15, 0.2) is 0 Å². The molecule has 14 heavy (non-hydrogen) atoms. The molecule has 78 valence electrons. The lowest BCUT2D eigenvalue weighted by Gasteiger charge is -2.12. The Morgan fingerprint density at radius 1 is 1.36 bits per heavy atom. The van der Waals surface area contributed by atoms with Gasteiger partial charge in [0.25, 0.3) is 0 Å². The minimum atomic E-state index is -2.77. The van der Waals surface area contributed by atoms with Crippen LogP contribution in [0.5, 0.6) is 5.75 Å². The lowest BCUT2D eigenvalue weighted by Crippen LogP contribution is -2.05. The molecule has 0 N–H and O–H groups in total. The summed E-state index contributed by atoms with van der Waals surface area (Å²) in [4.78, 5) is 0. The predicted octanol–water partition coefficient (Wildman–Crippen LogP) is 3.80. The quantitative estimate of drug-likeness (QED) is 0.755. The molecule has 1 aromatic carbocycles. The van der Waals surface area contributed by atoms with Gasteiger partial charge in [0.05, 0.1) is 0 Å². The van der Waals surface area contributed by atoms with Crippen LogP contribution in [0.4, 0.5) is 8.78 Å². The van der Waals surface area contributed by atoms with Crippen LogP contribution < -0.4 is 4.74 Å². The van der Waals surface area contributed by atoms with Crippen molar-refractivity contribution in [3.63, 3.8) is 0 Å². The van der Waals surface area contributed by atoms with Gasteiger partial charge >= 0.3 is 6.61 Å². The van der Waals surface area contributed by atoms with Crippen molar-refractivity contribution in [1.29, 1.82) is 0 Å². The number of aryl methyl sites for hydroxylation is 2. The summed E-state index contributed by atoms with van der Waals surface area (Å²) in [6, 6.07) is 3.66. The zero-order valence-corrected chi connectivity index (χ0v) is 9.57. The second kappa shape index (κ2) is 4.73. The van der Waals surface area contributed by atoms with Crippen LogP contribution >= 0.6 is 15.9 Å². The van der Waals surface area contributed by atoms with Crippen molar-refractivity contribution >= 4 is 15.9 Å². The number of rotatable bonds is 3. The van der Waals surface area contributed by atoms with Gasteiger partial charge in [-0.1, -0.05) is 33.6 Å². The van der Waals surface area contributed by atoms with Gasteiger partial charge in [0.2, 0.25) is 0 Å². The first-order valence-electron chi connectivity index (χ1n) is 4.15. The molecule has 1 rings (SSSR count). The van der Waals surface area contributed by atoms with Crippen LogP contribution in [0.1, 0.15) is 16.7 Å². The summed E-state index contributed by atoms with van der Waals surface area (Å²) in [5.41, 5.74) is 2.53. The molecular weight excluding hydrogens is 254 g/mol. The Balaban J connectivity index is 3.11. The van der Waals surface area contributed by atoms with E-state index in [9.17, 15) is 8.78 Å². The van der Waals surface area contributed by atoms with E-state index in [0.29, 0.717) is 5.33 Å². The molecule has 0 fully saturated rings. The highest BCUT2D eigenvalue weighted by Gasteiger charge is 2.12. The highest BCUT2D eigenvalue weighted by atomic mass is 79.9. The van der Waals surface area contributed by atoms with Gasteiger partial charge in [-0.15, -0.1) is 0 Å². The molecule has 0 bridgehead atoms. The molecule has 0 unspecified atom stereocenters. The zero-order chi connectivity index (χ0) is 10.7. The van der Waals surface area contributed by atoms with Crippen LogP contribution in [-0.4, -0.2) is 6.61 Å². The highest BCUT2D eigenvalue weighted by Crippen LogP contribution is 2.28. The van der Waals surface area contributed by atoms with E-state index < -0.39 is 6.61 Å². The Hall–Kier alpha value is -0.640. The number of hydrogen-bond acceptors (Lipinski definition) is 1. The van der Waals surface area contributed by atoms with E-state index >= 15 is 0 Å². The van der Waals surface area contributed by atoms with Crippen LogP contribution in [0.15, 0.2) is 12.1 Å². The van der Waals surface area contributed by atoms with Crippen molar-refractivity contribution in [2.75, 3.05) is 0 Å². The molecule has 1 nitrogen and oxygen atoms in total. The first-order valence-corrected chi connectivity index (χ1v) is 5.27. The molecule has 0 amide bonds. The van der Waals surface area contributed by atoms with Gasteiger partial charge in [-0.05, 0) is 19.4 Å². The van der Waals surface area contributed by atoms with Gasteiger partial charge in [-0.3, -0.25) is 0 Å². The monoisotopic (exact) mass is 264 g/mol. The van der Waals surface area contributed by atoms with Crippen molar-refractivity contribution in [3.8, 4) is 5.75 Å². The Kier molecular flexibility index (Phi) is 3.86. The maximum Gasteiger partial charge on any atom is 0.387 e. The highest BCUT2D eigenvalue weighted by molar-refractivity contribution is 9.08. The lowest BCUT2D eigenvalue weighted by atomic mass is 10.1. The van der Waals surface area contributed by atoms with Crippen LogP contribution in [0.3, 0.4) is 0 Å². The smallest absolute Gasteiger partial charge is 0.387 e. The molecule has 0 aliphatic rings. The van der Waals surface area contributed by atoms with Crippen molar-refractivity contribution in [2.24, 2.45) is 0 Å². The molecule has 0 spiro atoms. The molecular formula is C10H11BrF2O. The summed E-state index contributed by atoms with van der Waals surface area (Å²) in [5.74, 6) is 0.280. The van der Waals surface area contributed by atoms with Crippen molar-refractivity contribution < 1.29 is 13.5 Å². The molecule has 0 aromatic heterocycles. The van der Waals surface area contributed by atoms with E-state index in [0.717, 1.165) is 16.7 Å². The van der Waals surface area contributed by atoms with Gasteiger partial charge < -0.3 is 4.74 Å². The van der Waals surface area contributed by atoms with Crippen molar-refractivity contribution in [1.82, 2.24) is 0 Å². The third kappa shape index (κ3) is 2.67. The molecule has 0 heterocycles. The molecule has 0 saturated heterocycles. The molecule has 0 atom stereocenters. The third-order valence-corrected chi connectivity index (χ3v) is 2.45. The van der Waals surface area contributed by atoms with E-state index in [-0.39, 0.29) is 5.75 Å². The fourth-order valence-corrected chi connectivity index (χ4v) is 1.82. The molecule has 0 saturated carbocycles. The first-order chi connectivity index (χ1) is 6.54. The SMILES string of the molecule is Cc1cc(C)c(OC(F)F)c(CBr)c1. The second-order valence-corrected chi connectivity index (χ2v) is 3.64. The Morgan fingerprint density at radius 2 is 2.00 bits per heavy atom. The van der Waals surface area contributed by atoms with E-state index in [2.05, 4.69) is 20.7 Å². The maximum absolute atomic E-state index is 12.1. The number of ether oxygens (including phenoxy) is 1. The normalized spacial score (nSPS) is 10.7. The molecule has 4 heteroatoms.